The molecule has 0 saturated heterocycles. The van der Waals surface area contributed by atoms with Crippen LogP contribution in [0.25, 0.3) is 5.65 Å². The summed E-state index contributed by atoms with van der Waals surface area (Å²) in [5.74, 6) is 0.809. The first-order valence-electron chi connectivity index (χ1n) is 8.04. The first-order valence-corrected chi connectivity index (χ1v) is 8.04. The number of nitrogens with zero attached hydrogens (tertiary/aromatic N) is 2. The van der Waals surface area contributed by atoms with Crippen LogP contribution in [0.4, 0.5) is 0 Å². The number of rotatable bonds is 5. The maximum atomic E-state index is 10.6. The Morgan fingerprint density at radius 3 is 2.90 bits per heavy atom. The van der Waals surface area contributed by atoms with E-state index in [-0.39, 0.29) is 0 Å². The third-order valence-corrected chi connectivity index (χ3v) is 4.79. The summed E-state index contributed by atoms with van der Waals surface area (Å²) in [5, 5.41) is 14.0. The Hall–Kier alpha value is -1.39. The van der Waals surface area contributed by atoms with Crippen molar-refractivity contribution in [2.75, 3.05) is 6.54 Å². The molecule has 0 aliphatic heterocycles. The van der Waals surface area contributed by atoms with Gasteiger partial charge < -0.3 is 14.8 Å². The Morgan fingerprint density at radius 1 is 1.38 bits per heavy atom. The van der Waals surface area contributed by atoms with Crippen molar-refractivity contribution in [1.82, 2.24) is 14.7 Å². The van der Waals surface area contributed by atoms with Gasteiger partial charge in [0.1, 0.15) is 5.65 Å². The second-order valence-corrected chi connectivity index (χ2v) is 6.38. The van der Waals surface area contributed by atoms with Crippen molar-refractivity contribution in [3.63, 3.8) is 0 Å². The summed E-state index contributed by atoms with van der Waals surface area (Å²) in [6, 6.07) is 6.00. The zero-order valence-electron chi connectivity index (χ0n) is 12.8. The van der Waals surface area contributed by atoms with Gasteiger partial charge in [-0.3, -0.25) is 0 Å². The predicted octanol–water partition coefficient (Wildman–Crippen LogP) is 2.76. The molecular weight excluding hydrogens is 262 g/mol. The molecule has 1 aliphatic rings. The van der Waals surface area contributed by atoms with E-state index in [1.807, 2.05) is 35.0 Å². The van der Waals surface area contributed by atoms with Crippen LogP contribution in [0.15, 0.2) is 30.6 Å². The summed E-state index contributed by atoms with van der Waals surface area (Å²) in [5.41, 5.74) is 1.47. The molecule has 1 saturated carbocycles. The molecule has 0 unspecified atom stereocenters. The van der Waals surface area contributed by atoms with E-state index < -0.39 is 5.60 Å². The fourth-order valence-corrected chi connectivity index (χ4v) is 3.30. The van der Waals surface area contributed by atoms with E-state index >= 15 is 0 Å². The topological polar surface area (TPSA) is 49.6 Å². The minimum atomic E-state index is -0.523. The van der Waals surface area contributed by atoms with Crippen LogP contribution in [0.2, 0.25) is 0 Å². The first kappa shape index (κ1) is 14.5. The highest BCUT2D eigenvalue weighted by molar-refractivity contribution is 5.39. The molecule has 0 bridgehead atoms. The van der Waals surface area contributed by atoms with Crippen molar-refractivity contribution in [3.05, 3.63) is 36.3 Å². The maximum Gasteiger partial charge on any atom is 0.137 e. The zero-order valence-corrected chi connectivity index (χ0v) is 12.8. The lowest BCUT2D eigenvalue weighted by atomic mass is 9.78. The van der Waals surface area contributed by atoms with E-state index in [1.54, 1.807) is 0 Å². The van der Waals surface area contributed by atoms with Crippen LogP contribution < -0.4 is 5.32 Å². The third-order valence-electron chi connectivity index (χ3n) is 4.79. The van der Waals surface area contributed by atoms with Gasteiger partial charge in [-0.2, -0.15) is 0 Å². The lowest BCUT2D eigenvalue weighted by Crippen LogP contribution is -2.43. The Balaban J connectivity index is 1.51. The molecule has 0 aromatic carbocycles. The van der Waals surface area contributed by atoms with Crippen LogP contribution >= 0.6 is 0 Å². The number of fused-ring (bicyclic) bond motifs is 1. The molecular formula is C17H25N3O. The minimum Gasteiger partial charge on any atom is -0.389 e. The number of nitrogens with one attached hydrogen (secondary N) is 1. The molecule has 2 aromatic rings. The van der Waals surface area contributed by atoms with Crippen LogP contribution in [0, 0.1) is 5.92 Å². The Morgan fingerprint density at radius 2 is 2.19 bits per heavy atom. The van der Waals surface area contributed by atoms with Gasteiger partial charge in [-0.05, 0) is 43.7 Å². The fraction of sp³-hybridized carbons (Fsp3) is 0.588. The summed E-state index contributed by atoms with van der Waals surface area (Å²) < 4.78 is 2.03. The molecule has 2 N–H and O–H groups in total. The lowest BCUT2D eigenvalue weighted by molar-refractivity contribution is -0.00885. The quantitative estimate of drug-likeness (QED) is 0.889. The van der Waals surface area contributed by atoms with Crippen LogP contribution in [-0.2, 0) is 6.54 Å². The third kappa shape index (κ3) is 3.44. The SMILES string of the molecule is CCC1CCC(O)(CNCc2cn3ccccc3n2)CC1. The van der Waals surface area contributed by atoms with Gasteiger partial charge in [0.15, 0.2) is 0 Å². The molecule has 114 valence electrons. The van der Waals surface area contributed by atoms with E-state index in [0.29, 0.717) is 13.1 Å². The van der Waals surface area contributed by atoms with E-state index in [4.69, 9.17) is 0 Å². The highest BCUT2D eigenvalue weighted by atomic mass is 16.3. The van der Waals surface area contributed by atoms with Crippen LogP contribution in [0.1, 0.15) is 44.7 Å². The molecule has 3 rings (SSSR count). The van der Waals surface area contributed by atoms with Crippen molar-refractivity contribution in [2.24, 2.45) is 5.92 Å². The van der Waals surface area contributed by atoms with Crippen LogP contribution in [0.3, 0.4) is 0 Å². The molecule has 0 spiro atoms. The zero-order chi connectivity index (χ0) is 14.7. The maximum absolute atomic E-state index is 10.6. The molecule has 0 amide bonds. The summed E-state index contributed by atoms with van der Waals surface area (Å²) in [6.45, 7) is 3.62. The average molecular weight is 287 g/mol. The van der Waals surface area contributed by atoms with Crippen LogP contribution in [0.5, 0.6) is 0 Å². The Bertz CT molecular complexity index is 551. The lowest BCUT2D eigenvalue weighted by Gasteiger charge is -2.36. The number of imidazole rings is 1. The van der Waals surface area contributed by atoms with E-state index in [9.17, 15) is 5.11 Å². The summed E-state index contributed by atoms with van der Waals surface area (Å²) in [6.07, 6.45) is 9.44. The second-order valence-electron chi connectivity index (χ2n) is 6.38. The van der Waals surface area contributed by atoms with Gasteiger partial charge in [0, 0.05) is 25.5 Å². The number of hydrogen-bond donors (Lipinski definition) is 2. The van der Waals surface area contributed by atoms with Crippen molar-refractivity contribution >= 4 is 5.65 Å². The van der Waals surface area contributed by atoms with Crippen molar-refractivity contribution in [2.45, 2.75) is 51.2 Å². The minimum absolute atomic E-state index is 0.523. The molecule has 0 atom stereocenters. The standard InChI is InChI=1S/C17H25N3O/c1-2-14-6-8-17(21,9-7-14)13-18-11-15-12-20-10-4-3-5-16(20)19-15/h3-5,10,12,14,18,21H,2,6-9,11,13H2,1H3. The van der Waals surface area contributed by atoms with Crippen molar-refractivity contribution in [3.8, 4) is 0 Å². The summed E-state index contributed by atoms with van der Waals surface area (Å²) in [7, 11) is 0. The van der Waals surface area contributed by atoms with Gasteiger partial charge in [-0.1, -0.05) is 19.4 Å². The summed E-state index contributed by atoms with van der Waals surface area (Å²) in [4.78, 5) is 4.56. The Kier molecular flexibility index (Phi) is 4.27. The summed E-state index contributed by atoms with van der Waals surface area (Å²) >= 11 is 0. The molecule has 4 heteroatoms. The van der Waals surface area contributed by atoms with E-state index in [2.05, 4.69) is 17.2 Å². The predicted molar refractivity (Wildman–Crippen MR) is 84.1 cm³/mol. The molecule has 2 aromatic heterocycles. The normalized spacial score (nSPS) is 26.3. The van der Waals surface area contributed by atoms with Gasteiger partial charge in [-0.15, -0.1) is 0 Å². The number of pyridine rings is 1. The molecule has 21 heavy (non-hydrogen) atoms. The molecule has 1 aliphatic carbocycles. The van der Waals surface area contributed by atoms with Gasteiger partial charge in [0.25, 0.3) is 0 Å². The smallest absolute Gasteiger partial charge is 0.137 e. The Labute approximate surface area is 126 Å². The first-order chi connectivity index (χ1) is 10.2. The van der Waals surface area contributed by atoms with Gasteiger partial charge >= 0.3 is 0 Å². The van der Waals surface area contributed by atoms with Crippen molar-refractivity contribution in [1.29, 1.82) is 0 Å². The molecule has 1 fully saturated rings. The number of aliphatic hydroxyl groups is 1. The van der Waals surface area contributed by atoms with Gasteiger partial charge in [0.2, 0.25) is 0 Å². The monoisotopic (exact) mass is 287 g/mol. The largest absolute Gasteiger partial charge is 0.389 e. The van der Waals surface area contributed by atoms with Crippen LogP contribution in [-0.4, -0.2) is 26.6 Å². The fourth-order valence-electron chi connectivity index (χ4n) is 3.30. The highest BCUT2D eigenvalue weighted by Gasteiger charge is 2.32. The highest BCUT2D eigenvalue weighted by Crippen LogP contribution is 2.33. The van der Waals surface area contributed by atoms with Crippen molar-refractivity contribution < 1.29 is 5.11 Å². The van der Waals surface area contributed by atoms with E-state index in [1.165, 1.54) is 6.42 Å². The van der Waals surface area contributed by atoms with E-state index in [0.717, 1.165) is 42.9 Å². The van der Waals surface area contributed by atoms with Gasteiger partial charge in [0.05, 0.1) is 11.3 Å². The molecule has 4 nitrogen and oxygen atoms in total. The molecule has 0 radical (unpaired) electrons. The number of aromatic nitrogens is 2. The number of hydrogen-bond acceptors (Lipinski definition) is 3. The average Bonchev–Trinajstić information content (AvgIpc) is 2.90. The van der Waals surface area contributed by atoms with Gasteiger partial charge in [-0.25, -0.2) is 4.98 Å². The molecule has 2 heterocycles. The second kappa shape index (κ2) is 6.16.